The van der Waals surface area contributed by atoms with E-state index in [9.17, 15) is 18.0 Å². The molecule has 0 aliphatic carbocycles. The Bertz CT molecular complexity index is 930. The fraction of sp³-hybridized carbons (Fsp3) is 0.125. The summed E-state index contributed by atoms with van der Waals surface area (Å²) in [6.07, 6.45) is 1.05. The zero-order valence-corrected chi connectivity index (χ0v) is 16.7. The number of benzene rings is 2. The number of halogens is 2. The average molecular weight is 494 g/mol. The van der Waals surface area contributed by atoms with Gasteiger partial charge in [-0.05, 0) is 52.9 Å². The summed E-state index contributed by atoms with van der Waals surface area (Å²) < 4.78 is 28.8. The monoisotopic (exact) mass is 493 g/mol. The number of carbonyl (C=O) groups excluding carboxylic acids is 2. The van der Waals surface area contributed by atoms with E-state index in [-0.39, 0.29) is 15.6 Å². The van der Waals surface area contributed by atoms with E-state index in [1.54, 1.807) is 24.3 Å². The number of sulfone groups is 1. The predicted molar refractivity (Wildman–Crippen MR) is 103 cm³/mol. The Hall–Kier alpha value is -1.65. The van der Waals surface area contributed by atoms with Crippen LogP contribution in [0.3, 0.4) is 0 Å². The molecule has 1 amide bonds. The van der Waals surface area contributed by atoms with Crippen LogP contribution in [0.1, 0.15) is 10.4 Å². The number of esters is 1. The zero-order valence-electron chi connectivity index (χ0n) is 13.0. The van der Waals surface area contributed by atoms with Gasteiger partial charge in [0.05, 0.1) is 21.2 Å². The lowest BCUT2D eigenvalue weighted by Gasteiger charge is -2.10. The van der Waals surface area contributed by atoms with Crippen molar-refractivity contribution >= 4 is 61.6 Å². The van der Waals surface area contributed by atoms with Crippen LogP contribution in [-0.2, 0) is 19.4 Å². The van der Waals surface area contributed by atoms with Crippen molar-refractivity contribution in [2.24, 2.45) is 0 Å². The molecule has 0 saturated heterocycles. The molecule has 2 aromatic carbocycles. The van der Waals surface area contributed by atoms with Crippen LogP contribution in [0, 0.1) is 3.57 Å². The zero-order chi connectivity index (χ0) is 18.6. The van der Waals surface area contributed by atoms with Crippen molar-refractivity contribution in [1.29, 1.82) is 0 Å². The van der Waals surface area contributed by atoms with E-state index in [2.05, 4.69) is 5.32 Å². The Morgan fingerprint density at radius 2 is 1.88 bits per heavy atom. The fourth-order valence-electron chi connectivity index (χ4n) is 1.85. The van der Waals surface area contributed by atoms with Gasteiger partial charge in [-0.25, -0.2) is 13.2 Å². The number of amides is 1. The van der Waals surface area contributed by atoms with Crippen LogP contribution >= 0.6 is 34.2 Å². The van der Waals surface area contributed by atoms with Gasteiger partial charge in [0.2, 0.25) is 0 Å². The van der Waals surface area contributed by atoms with E-state index in [1.165, 1.54) is 18.2 Å². The van der Waals surface area contributed by atoms with Crippen LogP contribution in [0.15, 0.2) is 47.4 Å². The van der Waals surface area contributed by atoms with Gasteiger partial charge in [-0.1, -0.05) is 23.7 Å². The molecule has 0 radical (unpaired) electrons. The third kappa shape index (κ3) is 5.41. The van der Waals surface area contributed by atoms with Crippen molar-refractivity contribution in [3.8, 4) is 0 Å². The minimum atomic E-state index is -3.44. The summed E-state index contributed by atoms with van der Waals surface area (Å²) in [4.78, 5) is 23.9. The van der Waals surface area contributed by atoms with Crippen LogP contribution in [0.4, 0.5) is 5.69 Å². The van der Waals surface area contributed by atoms with Gasteiger partial charge >= 0.3 is 5.97 Å². The van der Waals surface area contributed by atoms with Gasteiger partial charge in [0.15, 0.2) is 16.4 Å². The van der Waals surface area contributed by atoms with Gasteiger partial charge in [-0.3, -0.25) is 4.79 Å². The number of carbonyl (C=O) groups is 2. The SMILES string of the molecule is CS(=O)(=O)c1ccc(Cl)c(NC(=O)COC(=O)c2ccccc2I)c1. The molecule has 0 heterocycles. The highest BCUT2D eigenvalue weighted by Crippen LogP contribution is 2.25. The Morgan fingerprint density at radius 3 is 2.52 bits per heavy atom. The first kappa shape index (κ1) is 19.7. The second-order valence-electron chi connectivity index (χ2n) is 5.02. The van der Waals surface area contributed by atoms with Gasteiger partial charge in [0.1, 0.15) is 0 Å². The number of hydrogen-bond acceptors (Lipinski definition) is 5. The van der Waals surface area contributed by atoms with Crippen LogP contribution in [0.5, 0.6) is 0 Å². The summed E-state index contributed by atoms with van der Waals surface area (Å²) in [6.45, 7) is -0.525. The molecule has 0 saturated carbocycles. The maximum atomic E-state index is 12.0. The molecule has 9 heteroatoms. The number of ether oxygens (including phenoxy) is 1. The molecule has 1 N–H and O–H groups in total. The maximum absolute atomic E-state index is 12.0. The number of hydrogen-bond donors (Lipinski definition) is 1. The van der Waals surface area contributed by atoms with Gasteiger partial charge in [0, 0.05) is 9.83 Å². The van der Waals surface area contributed by atoms with Crippen LogP contribution in [0.2, 0.25) is 5.02 Å². The van der Waals surface area contributed by atoms with E-state index >= 15 is 0 Å². The molecule has 0 aliphatic rings. The van der Waals surface area contributed by atoms with Crippen LogP contribution < -0.4 is 5.32 Å². The molecule has 0 aromatic heterocycles. The highest BCUT2D eigenvalue weighted by atomic mass is 127. The second-order valence-corrected chi connectivity index (χ2v) is 8.60. The smallest absolute Gasteiger partial charge is 0.339 e. The molecule has 0 spiro atoms. The number of anilines is 1. The Kier molecular flexibility index (Phi) is 6.42. The van der Waals surface area contributed by atoms with E-state index in [0.717, 1.165) is 6.26 Å². The number of rotatable bonds is 5. The van der Waals surface area contributed by atoms with Crippen molar-refractivity contribution < 1.29 is 22.7 Å². The molecule has 0 fully saturated rings. The van der Waals surface area contributed by atoms with E-state index in [4.69, 9.17) is 16.3 Å². The summed E-state index contributed by atoms with van der Waals surface area (Å²) in [6, 6.07) is 10.8. The quantitative estimate of drug-likeness (QED) is 0.511. The van der Waals surface area contributed by atoms with Gasteiger partial charge in [0.25, 0.3) is 5.91 Å². The second kappa shape index (κ2) is 8.15. The molecule has 0 atom stereocenters. The number of nitrogens with one attached hydrogen (secondary N) is 1. The standard InChI is InChI=1S/C16H13ClINO5S/c1-25(22,23)10-6-7-12(17)14(8-10)19-15(20)9-24-16(21)11-4-2-3-5-13(11)18/h2-8H,9H2,1H3,(H,19,20). The van der Waals surface area contributed by atoms with Crippen molar-refractivity contribution in [2.45, 2.75) is 4.90 Å². The molecule has 6 nitrogen and oxygen atoms in total. The van der Waals surface area contributed by atoms with Gasteiger partial charge < -0.3 is 10.1 Å². The lowest BCUT2D eigenvalue weighted by atomic mass is 10.2. The molecule has 25 heavy (non-hydrogen) atoms. The normalized spacial score (nSPS) is 11.0. The predicted octanol–water partition coefficient (Wildman–Crippen LogP) is 3.14. The first-order valence-corrected chi connectivity index (χ1v) is 10.2. The average Bonchev–Trinajstić information content (AvgIpc) is 2.54. The van der Waals surface area contributed by atoms with E-state index in [0.29, 0.717) is 9.13 Å². The Morgan fingerprint density at radius 1 is 1.20 bits per heavy atom. The van der Waals surface area contributed by atoms with Crippen LogP contribution in [0.25, 0.3) is 0 Å². The summed E-state index contributed by atoms with van der Waals surface area (Å²) >= 11 is 7.94. The molecule has 0 aliphatic heterocycles. The fourth-order valence-corrected chi connectivity index (χ4v) is 3.27. The van der Waals surface area contributed by atoms with Crippen molar-refractivity contribution in [2.75, 3.05) is 18.2 Å². The van der Waals surface area contributed by atoms with Gasteiger partial charge in [-0.15, -0.1) is 0 Å². The van der Waals surface area contributed by atoms with Crippen LogP contribution in [-0.4, -0.2) is 33.2 Å². The molecule has 0 unspecified atom stereocenters. The first-order chi connectivity index (χ1) is 11.7. The van der Waals surface area contributed by atoms with E-state index < -0.39 is 28.3 Å². The largest absolute Gasteiger partial charge is 0.452 e. The van der Waals surface area contributed by atoms with E-state index in [1.807, 2.05) is 22.6 Å². The third-order valence-corrected chi connectivity index (χ3v) is 5.45. The molecule has 2 aromatic rings. The Balaban J connectivity index is 2.04. The summed E-state index contributed by atoms with van der Waals surface area (Å²) in [5.41, 5.74) is 0.480. The molecular formula is C16H13ClINO5S. The summed E-state index contributed by atoms with van der Waals surface area (Å²) in [5.74, 6) is -1.26. The molecule has 0 bridgehead atoms. The van der Waals surface area contributed by atoms with Crippen molar-refractivity contribution in [3.05, 3.63) is 56.6 Å². The van der Waals surface area contributed by atoms with Gasteiger partial charge in [-0.2, -0.15) is 0 Å². The third-order valence-electron chi connectivity index (χ3n) is 3.07. The molecule has 2 rings (SSSR count). The van der Waals surface area contributed by atoms with Crippen molar-refractivity contribution in [3.63, 3.8) is 0 Å². The Labute approximate surface area is 163 Å². The minimum absolute atomic E-state index is 0.0167. The lowest BCUT2D eigenvalue weighted by Crippen LogP contribution is -2.21. The maximum Gasteiger partial charge on any atom is 0.339 e. The topological polar surface area (TPSA) is 89.5 Å². The molecular weight excluding hydrogens is 481 g/mol. The lowest BCUT2D eigenvalue weighted by molar-refractivity contribution is -0.119. The highest BCUT2D eigenvalue weighted by molar-refractivity contribution is 14.1. The first-order valence-electron chi connectivity index (χ1n) is 6.89. The summed E-state index contributed by atoms with van der Waals surface area (Å²) in [7, 11) is -3.44. The minimum Gasteiger partial charge on any atom is -0.452 e. The van der Waals surface area contributed by atoms with Crippen molar-refractivity contribution in [1.82, 2.24) is 0 Å². The summed E-state index contributed by atoms with van der Waals surface area (Å²) in [5, 5.41) is 2.60. The highest BCUT2D eigenvalue weighted by Gasteiger charge is 2.15. The molecule has 132 valence electrons.